The normalized spacial score (nSPS) is 8.50. The third-order valence-electron chi connectivity index (χ3n) is 0.684. The van der Waals surface area contributed by atoms with Crippen molar-refractivity contribution in [1.82, 2.24) is 0 Å². The fourth-order valence-electron chi connectivity index (χ4n) is 0.311. The number of amides is 1. The Bertz CT molecular complexity index is 191. The molecule has 1 amide bonds. The van der Waals surface area contributed by atoms with E-state index < -0.39 is 17.4 Å². The number of thiocarbonyl (C=S) groups is 1. The third kappa shape index (κ3) is 2.24. The monoisotopic (exact) mass is 179 g/mol. The standard InChI is InChI=1S/C4H5NO3S2/c5-2(6)1(3(7)8)4(9)10/h7-8H,(H2,5,6)(H,9,10). The number of aliphatic hydroxyl groups excluding tert-OH is 1. The second-order valence-corrected chi connectivity index (χ2v) is 2.53. The molecule has 0 aliphatic carbocycles. The van der Waals surface area contributed by atoms with Crippen molar-refractivity contribution in [3.8, 4) is 0 Å². The van der Waals surface area contributed by atoms with Gasteiger partial charge in [0.15, 0.2) is 0 Å². The number of primary amides is 1. The van der Waals surface area contributed by atoms with Crippen molar-refractivity contribution in [2.24, 2.45) is 5.73 Å². The number of carbonyl (C=O) groups excluding carboxylic acids is 1. The van der Waals surface area contributed by atoms with Crippen LogP contribution in [-0.4, -0.2) is 20.3 Å². The van der Waals surface area contributed by atoms with Crippen molar-refractivity contribution >= 4 is 35.0 Å². The fourth-order valence-corrected chi connectivity index (χ4v) is 0.713. The first-order chi connectivity index (χ1) is 4.46. The van der Waals surface area contributed by atoms with Crippen LogP contribution in [0.3, 0.4) is 0 Å². The van der Waals surface area contributed by atoms with Gasteiger partial charge in [0.1, 0.15) is 5.57 Å². The molecule has 0 atom stereocenters. The highest BCUT2D eigenvalue weighted by Crippen LogP contribution is 2.04. The average Bonchev–Trinajstić information content (AvgIpc) is 1.59. The maximum Gasteiger partial charge on any atom is 0.289 e. The Kier molecular flexibility index (Phi) is 3.17. The smallest absolute Gasteiger partial charge is 0.289 e. The highest BCUT2D eigenvalue weighted by molar-refractivity contribution is 8.12. The van der Waals surface area contributed by atoms with Gasteiger partial charge in [0.25, 0.3) is 11.9 Å². The van der Waals surface area contributed by atoms with E-state index in [1.165, 1.54) is 0 Å². The summed E-state index contributed by atoms with van der Waals surface area (Å²) in [7, 11) is 0. The molecule has 4 N–H and O–H groups in total. The molecule has 6 heteroatoms. The van der Waals surface area contributed by atoms with Gasteiger partial charge in [-0.1, -0.05) is 12.2 Å². The molecule has 0 saturated heterocycles. The minimum absolute atomic E-state index is 0.243. The van der Waals surface area contributed by atoms with Crippen molar-refractivity contribution in [3.63, 3.8) is 0 Å². The number of carbonyl (C=O) groups is 1. The third-order valence-corrected chi connectivity index (χ3v) is 1.11. The second-order valence-electron chi connectivity index (χ2n) is 1.37. The summed E-state index contributed by atoms with van der Waals surface area (Å²) in [4.78, 5) is 10.3. The molecule has 0 aromatic heterocycles. The van der Waals surface area contributed by atoms with Gasteiger partial charge in [-0.05, 0) is 0 Å². The van der Waals surface area contributed by atoms with Crippen LogP contribution in [0.25, 0.3) is 0 Å². The number of hydrogen-bond acceptors (Lipinski definition) is 4. The molecule has 0 aromatic rings. The fraction of sp³-hybridized carbons (Fsp3) is 0. The minimum Gasteiger partial charge on any atom is -0.480 e. The van der Waals surface area contributed by atoms with Gasteiger partial charge in [-0.3, -0.25) is 4.79 Å². The number of hydrogen-bond donors (Lipinski definition) is 4. The Hall–Kier alpha value is -0.750. The summed E-state index contributed by atoms with van der Waals surface area (Å²) < 4.78 is -0.243. The van der Waals surface area contributed by atoms with Gasteiger partial charge in [-0.15, -0.1) is 12.6 Å². The van der Waals surface area contributed by atoms with Gasteiger partial charge in [0.2, 0.25) is 0 Å². The molecule has 0 fully saturated rings. The SMILES string of the molecule is NC(=O)C(C(=S)S)=C(O)O. The van der Waals surface area contributed by atoms with E-state index in [4.69, 9.17) is 10.2 Å². The minimum atomic E-state index is -1.20. The van der Waals surface area contributed by atoms with Gasteiger partial charge < -0.3 is 15.9 Å². The lowest BCUT2D eigenvalue weighted by atomic mass is 10.3. The molecule has 0 bridgehead atoms. The molecule has 0 unspecified atom stereocenters. The van der Waals surface area contributed by atoms with E-state index in [1.807, 2.05) is 0 Å². The van der Waals surface area contributed by atoms with E-state index in [2.05, 4.69) is 30.6 Å². The molecule has 0 heterocycles. The Labute approximate surface area is 67.7 Å². The molecule has 0 aromatic carbocycles. The van der Waals surface area contributed by atoms with Gasteiger partial charge >= 0.3 is 0 Å². The Balaban J connectivity index is 4.79. The summed E-state index contributed by atoms with van der Waals surface area (Å²) in [5.74, 6) is -2.22. The van der Waals surface area contributed by atoms with E-state index in [9.17, 15) is 4.79 Å². The summed E-state index contributed by atoms with van der Waals surface area (Å²) in [6.07, 6.45) is 0. The van der Waals surface area contributed by atoms with Crippen LogP contribution in [0.15, 0.2) is 11.5 Å². The zero-order valence-corrected chi connectivity index (χ0v) is 6.45. The molecule has 4 nitrogen and oxygen atoms in total. The van der Waals surface area contributed by atoms with Crippen LogP contribution in [-0.2, 0) is 4.79 Å². The largest absolute Gasteiger partial charge is 0.480 e. The van der Waals surface area contributed by atoms with Crippen LogP contribution in [0.4, 0.5) is 0 Å². The Morgan fingerprint density at radius 3 is 1.90 bits per heavy atom. The molecular weight excluding hydrogens is 174 g/mol. The van der Waals surface area contributed by atoms with Crippen molar-refractivity contribution in [2.75, 3.05) is 0 Å². The van der Waals surface area contributed by atoms with Crippen LogP contribution < -0.4 is 5.73 Å². The number of nitrogens with two attached hydrogens (primary N) is 1. The molecule has 0 radical (unpaired) electrons. The molecule has 0 spiro atoms. The molecule has 0 aliphatic heterocycles. The van der Waals surface area contributed by atoms with Gasteiger partial charge in [-0.2, -0.15) is 0 Å². The highest BCUT2D eigenvalue weighted by Gasteiger charge is 2.13. The van der Waals surface area contributed by atoms with E-state index in [1.54, 1.807) is 0 Å². The highest BCUT2D eigenvalue weighted by atomic mass is 32.1. The number of aliphatic hydroxyl groups is 2. The first-order valence-corrected chi connectivity index (χ1v) is 2.97. The van der Waals surface area contributed by atoms with Crippen LogP contribution in [0.5, 0.6) is 0 Å². The molecular formula is C4H5NO3S2. The second kappa shape index (κ2) is 3.43. The zero-order chi connectivity index (χ0) is 8.31. The van der Waals surface area contributed by atoms with Crippen LogP contribution in [0.1, 0.15) is 0 Å². The van der Waals surface area contributed by atoms with Gasteiger partial charge in [0, 0.05) is 0 Å². The molecule has 56 valence electrons. The zero-order valence-electron chi connectivity index (χ0n) is 4.74. The maximum atomic E-state index is 10.3. The van der Waals surface area contributed by atoms with Crippen molar-refractivity contribution in [3.05, 3.63) is 11.5 Å². The number of thiol groups is 1. The lowest BCUT2D eigenvalue weighted by Crippen LogP contribution is -2.19. The molecule has 0 saturated carbocycles. The Morgan fingerprint density at radius 1 is 1.50 bits per heavy atom. The Morgan fingerprint density at radius 2 is 1.90 bits per heavy atom. The summed E-state index contributed by atoms with van der Waals surface area (Å²) in [6, 6.07) is 0. The maximum absolute atomic E-state index is 10.3. The van der Waals surface area contributed by atoms with Crippen LogP contribution >= 0.6 is 24.8 Å². The van der Waals surface area contributed by atoms with E-state index in [0.717, 1.165) is 0 Å². The van der Waals surface area contributed by atoms with Crippen LogP contribution in [0.2, 0.25) is 0 Å². The van der Waals surface area contributed by atoms with Crippen LogP contribution in [0, 0.1) is 0 Å². The van der Waals surface area contributed by atoms with E-state index >= 15 is 0 Å². The van der Waals surface area contributed by atoms with Crippen molar-refractivity contribution in [2.45, 2.75) is 0 Å². The topological polar surface area (TPSA) is 83.6 Å². The molecule has 0 rings (SSSR count). The lowest BCUT2D eigenvalue weighted by Gasteiger charge is -1.97. The summed E-state index contributed by atoms with van der Waals surface area (Å²) >= 11 is 7.88. The van der Waals surface area contributed by atoms with Crippen molar-refractivity contribution in [1.29, 1.82) is 0 Å². The van der Waals surface area contributed by atoms with E-state index in [-0.39, 0.29) is 4.20 Å². The lowest BCUT2D eigenvalue weighted by molar-refractivity contribution is -0.114. The molecule has 0 aliphatic rings. The summed E-state index contributed by atoms with van der Waals surface area (Å²) in [6.45, 7) is 0. The predicted octanol–water partition coefficient (Wildman–Crippen LogP) is 0.0565. The predicted molar refractivity (Wildman–Crippen MR) is 43.1 cm³/mol. The average molecular weight is 179 g/mol. The summed E-state index contributed by atoms with van der Waals surface area (Å²) in [5, 5.41) is 16.7. The van der Waals surface area contributed by atoms with E-state index in [0.29, 0.717) is 0 Å². The quantitative estimate of drug-likeness (QED) is 0.209. The van der Waals surface area contributed by atoms with Gasteiger partial charge in [0.05, 0.1) is 4.20 Å². The van der Waals surface area contributed by atoms with Crippen molar-refractivity contribution < 1.29 is 15.0 Å². The van der Waals surface area contributed by atoms with Gasteiger partial charge in [-0.25, -0.2) is 0 Å². The first-order valence-electron chi connectivity index (χ1n) is 2.12. The summed E-state index contributed by atoms with van der Waals surface area (Å²) in [5.41, 5.74) is 4.14. The molecule has 10 heavy (non-hydrogen) atoms. The number of rotatable bonds is 2. The first kappa shape index (κ1) is 9.25.